The monoisotopic (exact) mass is 276 g/mol. The Hall–Kier alpha value is -1.55. The van der Waals surface area contributed by atoms with Crippen molar-refractivity contribution in [2.24, 2.45) is 0 Å². The number of piperazine rings is 1. The van der Waals surface area contributed by atoms with Crippen molar-refractivity contribution in [3.63, 3.8) is 0 Å². The molecule has 0 bridgehead atoms. The zero-order valence-corrected chi connectivity index (χ0v) is 12.6. The van der Waals surface area contributed by atoms with Gasteiger partial charge in [-0.3, -0.25) is 4.79 Å². The summed E-state index contributed by atoms with van der Waals surface area (Å²) in [5.41, 5.74) is 1.06. The minimum Gasteiger partial charge on any atom is -0.481 e. The number of carbonyl (C=O) groups is 1. The molecule has 0 radical (unpaired) electrons. The number of amides is 1. The molecular formula is C16H24N2O2. The van der Waals surface area contributed by atoms with Gasteiger partial charge in [-0.1, -0.05) is 25.1 Å². The zero-order chi connectivity index (χ0) is 14.5. The summed E-state index contributed by atoms with van der Waals surface area (Å²) in [7, 11) is 0. The van der Waals surface area contributed by atoms with Crippen LogP contribution in [0.25, 0.3) is 0 Å². The molecule has 1 amide bonds. The van der Waals surface area contributed by atoms with Crippen molar-refractivity contribution in [1.82, 2.24) is 9.80 Å². The van der Waals surface area contributed by atoms with Gasteiger partial charge in [0.05, 0.1) is 0 Å². The molecule has 20 heavy (non-hydrogen) atoms. The summed E-state index contributed by atoms with van der Waals surface area (Å²) in [6.07, 6.45) is -0.427. The SMILES string of the molecule is CCN1CCN(C(=O)[C@@H](C)Oc2ccccc2C)CC1. The third-order valence-corrected chi connectivity index (χ3v) is 3.88. The van der Waals surface area contributed by atoms with Crippen LogP contribution in [0.1, 0.15) is 19.4 Å². The molecule has 1 atom stereocenters. The lowest BCUT2D eigenvalue weighted by atomic mass is 10.2. The van der Waals surface area contributed by atoms with Crippen LogP contribution >= 0.6 is 0 Å². The topological polar surface area (TPSA) is 32.8 Å². The van der Waals surface area contributed by atoms with E-state index in [9.17, 15) is 4.79 Å². The number of carbonyl (C=O) groups excluding carboxylic acids is 1. The molecule has 1 aromatic carbocycles. The molecule has 1 aromatic rings. The largest absolute Gasteiger partial charge is 0.481 e. The number of para-hydroxylation sites is 1. The first kappa shape index (κ1) is 14.9. The lowest BCUT2D eigenvalue weighted by Gasteiger charge is -2.35. The van der Waals surface area contributed by atoms with Crippen LogP contribution in [0.4, 0.5) is 0 Å². The van der Waals surface area contributed by atoms with Crippen LogP contribution < -0.4 is 4.74 Å². The lowest BCUT2D eigenvalue weighted by Crippen LogP contribution is -2.51. The second-order valence-electron chi connectivity index (χ2n) is 5.29. The van der Waals surface area contributed by atoms with Crippen molar-refractivity contribution in [3.8, 4) is 5.75 Å². The Morgan fingerprint density at radius 2 is 1.90 bits per heavy atom. The van der Waals surface area contributed by atoms with E-state index in [0.29, 0.717) is 0 Å². The Kier molecular flexibility index (Phi) is 5.01. The van der Waals surface area contributed by atoms with Gasteiger partial charge < -0.3 is 14.5 Å². The van der Waals surface area contributed by atoms with Crippen LogP contribution in [0.5, 0.6) is 5.75 Å². The lowest BCUT2D eigenvalue weighted by molar-refractivity contribution is -0.139. The van der Waals surface area contributed by atoms with E-state index in [0.717, 1.165) is 44.0 Å². The first-order chi connectivity index (χ1) is 9.61. The van der Waals surface area contributed by atoms with E-state index in [1.165, 1.54) is 0 Å². The molecule has 110 valence electrons. The van der Waals surface area contributed by atoms with Gasteiger partial charge in [-0.25, -0.2) is 0 Å². The van der Waals surface area contributed by atoms with E-state index in [4.69, 9.17) is 4.74 Å². The number of hydrogen-bond acceptors (Lipinski definition) is 3. The molecule has 4 heteroatoms. The molecule has 0 aromatic heterocycles. The average Bonchev–Trinajstić information content (AvgIpc) is 2.49. The predicted octanol–water partition coefficient (Wildman–Crippen LogP) is 1.93. The van der Waals surface area contributed by atoms with Crippen molar-refractivity contribution in [2.75, 3.05) is 32.7 Å². The highest BCUT2D eigenvalue weighted by molar-refractivity contribution is 5.81. The Balaban J connectivity index is 1.91. The van der Waals surface area contributed by atoms with Crippen LogP contribution in [0.2, 0.25) is 0 Å². The minimum atomic E-state index is -0.427. The van der Waals surface area contributed by atoms with Crippen molar-refractivity contribution >= 4 is 5.91 Å². The summed E-state index contributed by atoms with van der Waals surface area (Å²) < 4.78 is 5.81. The van der Waals surface area contributed by atoms with Crippen molar-refractivity contribution < 1.29 is 9.53 Å². The molecule has 1 saturated heterocycles. The number of ether oxygens (including phenoxy) is 1. The Morgan fingerprint density at radius 3 is 2.50 bits per heavy atom. The van der Waals surface area contributed by atoms with E-state index < -0.39 is 6.10 Å². The van der Waals surface area contributed by atoms with Crippen LogP contribution in [-0.2, 0) is 4.79 Å². The maximum atomic E-state index is 12.4. The summed E-state index contributed by atoms with van der Waals surface area (Å²) in [5, 5.41) is 0. The Morgan fingerprint density at radius 1 is 1.25 bits per heavy atom. The number of likely N-dealkylation sites (N-methyl/N-ethyl adjacent to an activating group) is 1. The molecule has 0 unspecified atom stereocenters. The first-order valence-electron chi connectivity index (χ1n) is 7.35. The third-order valence-electron chi connectivity index (χ3n) is 3.88. The van der Waals surface area contributed by atoms with Gasteiger partial charge in [0.15, 0.2) is 6.10 Å². The van der Waals surface area contributed by atoms with Crippen LogP contribution in [-0.4, -0.2) is 54.5 Å². The normalized spacial score (nSPS) is 17.9. The summed E-state index contributed by atoms with van der Waals surface area (Å²) in [4.78, 5) is 16.7. The van der Waals surface area contributed by atoms with Gasteiger partial charge in [-0.2, -0.15) is 0 Å². The van der Waals surface area contributed by atoms with Gasteiger partial charge in [0.2, 0.25) is 0 Å². The molecule has 1 fully saturated rings. The fourth-order valence-corrected chi connectivity index (χ4v) is 2.47. The minimum absolute atomic E-state index is 0.0870. The second kappa shape index (κ2) is 6.75. The van der Waals surface area contributed by atoms with E-state index in [2.05, 4.69) is 11.8 Å². The summed E-state index contributed by atoms with van der Waals surface area (Å²) in [6.45, 7) is 10.5. The van der Waals surface area contributed by atoms with E-state index >= 15 is 0 Å². The standard InChI is InChI=1S/C16H24N2O2/c1-4-17-9-11-18(12-10-17)16(19)14(3)20-15-8-6-5-7-13(15)2/h5-8,14H,4,9-12H2,1-3H3/t14-/m1/s1. The maximum absolute atomic E-state index is 12.4. The first-order valence-corrected chi connectivity index (χ1v) is 7.35. The highest BCUT2D eigenvalue weighted by Gasteiger charge is 2.25. The van der Waals surface area contributed by atoms with E-state index in [1.54, 1.807) is 0 Å². The number of nitrogens with zero attached hydrogens (tertiary/aromatic N) is 2. The smallest absolute Gasteiger partial charge is 0.263 e. The van der Waals surface area contributed by atoms with Gasteiger partial charge in [-0.05, 0) is 32.0 Å². The highest BCUT2D eigenvalue weighted by atomic mass is 16.5. The van der Waals surface area contributed by atoms with Crippen LogP contribution in [0, 0.1) is 6.92 Å². The van der Waals surface area contributed by atoms with Gasteiger partial charge in [-0.15, -0.1) is 0 Å². The van der Waals surface area contributed by atoms with Crippen molar-refractivity contribution in [1.29, 1.82) is 0 Å². The van der Waals surface area contributed by atoms with Gasteiger partial charge in [0.25, 0.3) is 5.91 Å². The summed E-state index contributed by atoms with van der Waals surface area (Å²) in [5.74, 6) is 0.879. The molecule has 1 aliphatic heterocycles. The van der Waals surface area contributed by atoms with Gasteiger partial charge >= 0.3 is 0 Å². The molecule has 1 aliphatic rings. The third kappa shape index (κ3) is 3.51. The molecule has 0 aliphatic carbocycles. The van der Waals surface area contributed by atoms with Crippen molar-refractivity contribution in [3.05, 3.63) is 29.8 Å². The summed E-state index contributed by atoms with van der Waals surface area (Å²) in [6, 6.07) is 7.80. The quantitative estimate of drug-likeness (QED) is 0.842. The fraction of sp³-hybridized carbons (Fsp3) is 0.562. The predicted molar refractivity (Wildman–Crippen MR) is 80.0 cm³/mol. The van der Waals surface area contributed by atoms with E-state index in [1.807, 2.05) is 43.0 Å². The highest BCUT2D eigenvalue weighted by Crippen LogP contribution is 2.18. The van der Waals surface area contributed by atoms with Crippen molar-refractivity contribution in [2.45, 2.75) is 26.9 Å². The molecule has 4 nitrogen and oxygen atoms in total. The van der Waals surface area contributed by atoms with Crippen LogP contribution in [0.3, 0.4) is 0 Å². The fourth-order valence-electron chi connectivity index (χ4n) is 2.47. The van der Waals surface area contributed by atoms with Gasteiger partial charge in [0.1, 0.15) is 5.75 Å². The molecule has 0 spiro atoms. The maximum Gasteiger partial charge on any atom is 0.263 e. The zero-order valence-electron chi connectivity index (χ0n) is 12.6. The molecular weight excluding hydrogens is 252 g/mol. The summed E-state index contributed by atoms with van der Waals surface area (Å²) >= 11 is 0. The Bertz CT molecular complexity index is 454. The number of aryl methyl sites for hydroxylation is 1. The molecule has 0 N–H and O–H groups in total. The number of rotatable bonds is 4. The molecule has 0 saturated carbocycles. The average molecular weight is 276 g/mol. The Labute approximate surface area is 121 Å². The van der Waals surface area contributed by atoms with Crippen LogP contribution in [0.15, 0.2) is 24.3 Å². The van der Waals surface area contributed by atoms with Gasteiger partial charge in [0, 0.05) is 26.2 Å². The second-order valence-corrected chi connectivity index (χ2v) is 5.29. The molecule has 1 heterocycles. The molecule has 2 rings (SSSR count). The number of hydrogen-bond donors (Lipinski definition) is 0. The van der Waals surface area contributed by atoms with E-state index in [-0.39, 0.29) is 5.91 Å². The number of benzene rings is 1.